The summed E-state index contributed by atoms with van der Waals surface area (Å²) >= 11 is 0. The fourth-order valence-corrected chi connectivity index (χ4v) is 3.51. The SMILES string of the molecule is COc1cc([C@H]2C3=C(CCCC3=O)Nc3c(C#N)cnn32)ccc1O. The van der Waals surface area contributed by atoms with E-state index >= 15 is 0 Å². The number of Topliss-reactive ketones (excluding diaryl/α,β-unsaturated/α-hetero) is 1. The summed E-state index contributed by atoms with van der Waals surface area (Å²) in [6.45, 7) is 0. The number of nitrogens with one attached hydrogen (secondary N) is 1. The van der Waals surface area contributed by atoms with Crippen molar-refractivity contribution in [2.45, 2.75) is 25.3 Å². The van der Waals surface area contributed by atoms with E-state index in [4.69, 9.17) is 4.74 Å². The number of aromatic hydroxyl groups is 1. The highest BCUT2D eigenvalue weighted by atomic mass is 16.5. The minimum Gasteiger partial charge on any atom is -0.504 e. The Bertz CT molecular complexity index is 952. The van der Waals surface area contributed by atoms with Gasteiger partial charge in [0.1, 0.15) is 23.5 Å². The lowest BCUT2D eigenvalue weighted by Gasteiger charge is -2.33. The largest absolute Gasteiger partial charge is 0.504 e. The highest BCUT2D eigenvalue weighted by Gasteiger charge is 2.36. The maximum atomic E-state index is 12.6. The number of nitrogens with zero attached hydrogens (tertiary/aromatic N) is 3. The zero-order valence-corrected chi connectivity index (χ0v) is 13.6. The molecule has 7 nitrogen and oxygen atoms in total. The van der Waals surface area contributed by atoms with E-state index in [1.165, 1.54) is 19.4 Å². The standard InChI is InChI=1S/C18H16N4O3/c1-25-15-7-10(5-6-13(15)23)17-16-12(3-2-4-14(16)24)21-18-11(8-19)9-20-22(17)18/h5-7,9,17,21,23H,2-4H2,1H3/t17-/m0/s1. The number of allylic oxidation sites excluding steroid dienone is 2. The summed E-state index contributed by atoms with van der Waals surface area (Å²) in [7, 11) is 1.48. The molecule has 0 amide bonds. The van der Waals surface area contributed by atoms with E-state index in [1.54, 1.807) is 16.8 Å². The number of hydrogen-bond donors (Lipinski definition) is 2. The smallest absolute Gasteiger partial charge is 0.163 e. The van der Waals surface area contributed by atoms with Crippen LogP contribution in [-0.4, -0.2) is 27.8 Å². The monoisotopic (exact) mass is 336 g/mol. The van der Waals surface area contributed by atoms with Crippen LogP contribution in [0.3, 0.4) is 0 Å². The number of aromatic nitrogens is 2. The molecule has 1 aliphatic carbocycles. The highest BCUT2D eigenvalue weighted by molar-refractivity contribution is 5.99. The van der Waals surface area contributed by atoms with E-state index < -0.39 is 6.04 Å². The van der Waals surface area contributed by atoms with Crippen molar-refractivity contribution in [3.05, 3.63) is 46.8 Å². The molecule has 2 heterocycles. The van der Waals surface area contributed by atoms with Crippen molar-refractivity contribution in [2.24, 2.45) is 0 Å². The Hall–Kier alpha value is -3.27. The number of phenolic OH excluding ortho intramolecular Hbond substituents is 1. The summed E-state index contributed by atoms with van der Waals surface area (Å²) in [6.07, 6.45) is 3.53. The van der Waals surface area contributed by atoms with Crippen molar-refractivity contribution in [3.63, 3.8) is 0 Å². The van der Waals surface area contributed by atoms with Gasteiger partial charge in [0.05, 0.1) is 13.3 Å². The van der Waals surface area contributed by atoms with Crippen molar-refractivity contribution in [1.82, 2.24) is 9.78 Å². The minimum atomic E-state index is -0.448. The van der Waals surface area contributed by atoms with Crippen LogP contribution in [0.5, 0.6) is 11.5 Å². The van der Waals surface area contributed by atoms with Crippen LogP contribution in [0.15, 0.2) is 35.7 Å². The van der Waals surface area contributed by atoms with Crippen molar-refractivity contribution < 1.29 is 14.6 Å². The molecule has 1 atom stereocenters. The molecule has 4 rings (SSSR count). The number of ketones is 1. The van der Waals surface area contributed by atoms with Gasteiger partial charge in [-0.2, -0.15) is 10.4 Å². The van der Waals surface area contributed by atoms with Crippen LogP contribution in [0.25, 0.3) is 0 Å². The molecule has 0 radical (unpaired) electrons. The molecule has 0 bridgehead atoms. The van der Waals surface area contributed by atoms with Gasteiger partial charge in [0.2, 0.25) is 0 Å². The van der Waals surface area contributed by atoms with E-state index in [2.05, 4.69) is 16.5 Å². The molecule has 0 unspecified atom stereocenters. The Balaban J connectivity index is 1.94. The predicted molar refractivity (Wildman–Crippen MR) is 89.2 cm³/mol. The number of rotatable bonds is 2. The number of benzene rings is 1. The van der Waals surface area contributed by atoms with E-state index in [0.29, 0.717) is 29.1 Å². The molecule has 2 N–H and O–H groups in total. The lowest BCUT2D eigenvalue weighted by atomic mass is 9.85. The fourth-order valence-electron chi connectivity index (χ4n) is 3.51. The van der Waals surface area contributed by atoms with Gasteiger partial charge in [-0.25, -0.2) is 4.68 Å². The Labute approximate surface area is 144 Å². The van der Waals surface area contributed by atoms with E-state index in [9.17, 15) is 15.2 Å². The van der Waals surface area contributed by atoms with Gasteiger partial charge < -0.3 is 15.2 Å². The van der Waals surface area contributed by atoms with Gasteiger partial charge in [-0.1, -0.05) is 6.07 Å². The zero-order chi connectivity index (χ0) is 17.6. The molecule has 25 heavy (non-hydrogen) atoms. The first-order valence-electron chi connectivity index (χ1n) is 8.01. The topological polar surface area (TPSA) is 100 Å². The van der Waals surface area contributed by atoms with Crippen molar-refractivity contribution in [3.8, 4) is 17.6 Å². The molecule has 0 spiro atoms. The highest BCUT2D eigenvalue weighted by Crippen LogP contribution is 2.42. The number of ether oxygens (including phenoxy) is 1. The van der Waals surface area contributed by atoms with Gasteiger partial charge in [-0.15, -0.1) is 0 Å². The minimum absolute atomic E-state index is 0.0303. The van der Waals surface area contributed by atoms with Gasteiger partial charge in [0, 0.05) is 17.7 Å². The molecule has 0 fully saturated rings. The Morgan fingerprint density at radius 1 is 1.44 bits per heavy atom. The van der Waals surface area contributed by atoms with Crippen LogP contribution in [0.1, 0.15) is 36.4 Å². The molecule has 1 aromatic heterocycles. The quantitative estimate of drug-likeness (QED) is 0.874. The number of nitriles is 1. The fraction of sp³-hybridized carbons (Fsp3) is 0.278. The first-order chi connectivity index (χ1) is 12.1. The number of phenols is 1. The van der Waals surface area contributed by atoms with Gasteiger partial charge in [0.15, 0.2) is 17.3 Å². The number of carbonyl (C=O) groups is 1. The summed E-state index contributed by atoms with van der Waals surface area (Å²) in [4.78, 5) is 12.6. The maximum Gasteiger partial charge on any atom is 0.163 e. The average molecular weight is 336 g/mol. The normalized spacial score (nSPS) is 18.9. The molecule has 1 aliphatic heterocycles. The number of methoxy groups -OCH3 is 1. The molecular formula is C18H16N4O3. The third kappa shape index (κ3) is 2.26. The van der Waals surface area contributed by atoms with Gasteiger partial charge >= 0.3 is 0 Å². The van der Waals surface area contributed by atoms with Crippen LogP contribution < -0.4 is 10.1 Å². The molecule has 1 aromatic carbocycles. The van der Waals surface area contributed by atoms with Crippen molar-refractivity contribution >= 4 is 11.6 Å². The number of carbonyl (C=O) groups excluding carboxylic acids is 1. The van der Waals surface area contributed by atoms with Crippen LogP contribution in [0.2, 0.25) is 0 Å². The summed E-state index contributed by atoms with van der Waals surface area (Å²) in [5.41, 5.74) is 2.71. The first-order valence-corrected chi connectivity index (χ1v) is 8.01. The number of fused-ring (bicyclic) bond motifs is 1. The second kappa shape index (κ2) is 5.67. The summed E-state index contributed by atoms with van der Waals surface area (Å²) in [5, 5.41) is 26.8. The third-order valence-corrected chi connectivity index (χ3v) is 4.68. The molecule has 2 aromatic rings. The summed E-state index contributed by atoms with van der Waals surface area (Å²) in [6, 6.07) is 6.67. The first kappa shape index (κ1) is 15.3. The lowest BCUT2D eigenvalue weighted by Crippen LogP contribution is -2.31. The third-order valence-electron chi connectivity index (χ3n) is 4.68. The van der Waals surface area contributed by atoms with Crippen LogP contribution in [0, 0.1) is 11.3 Å². The van der Waals surface area contributed by atoms with Crippen LogP contribution >= 0.6 is 0 Å². The number of anilines is 1. The van der Waals surface area contributed by atoms with E-state index in [1.807, 2.05) is 0 Å². The van der Waals surface area contributed by atoms with Crippen LogP contribution in [0.4, 0.5) is 5.82 Å². The molecule has 126 valence electrons. The van der Waals surface area contributed by atoms with E-state index in [-0.39, 0.29) is 11.5 Å². The second-order valence-corrected chi connectivity index (χ2v) is 6.09. The van der Waals surface area contributed by atoms with Gasteiger partial charge in [-0.3, -0.25) is 4.79 Å². The van der Waals surface area contributed by atoms with Gasteiger partial charge in [0.25, 0.3) is 0 Å². The maximum absolute atomic E-state index is 12.6. The second-order valence-electron chi connectivity index (χ2n) is 6.09. The van der Waals surface area contributed by atoms with Crippen LogP contribution in [-0.2, 0) is 4.79 Å². The molecule has 0 saturated carbocycles. The molecule has 0 saturated heterocycles. The molecular weight excluding hydrogens is 320 g/mol. The lowest BCUT2D eigenvalue weighted by molar-refractivity contribution is -0.116. The van der Waals surface area contributed by atoms with Crippen molar-refractivity contribution in [1.29, 1.82) is 5.26 Å². The van der Waals surface area contributed by atoms with Crippen molar-refractivity contribution in [2.75, 3.05) is 12.4 Å². The Morgan fingerprint density at radius 3 is 3.04 bits per heavy atom. The summed E-state index contributed by atoms with van der Waals surface area (Å²) < 4.78 is 6.86. The zero-order valence-electron chi connectivity index (χ0n) is 13.6. The van der Waals surface area contributed by atoms with Gasteiger partial charge in [-0.05, 0) is 30.5 Å². The summed E-state index contributed by atoms with van der Waals surface area (Å²) in [5.74, 6) is 1.02. The Kier molecular flexibility index (Phi) is 3.46. The average Bonchev–Trinajstić information content (AvgIpc) is 3.03. The van der Waals surface area contributed by atoms with E-state index in [0.717, 1.165) is 24.1 Å². The molecule has 7 heteroatoms. The molecule has 2 aliphatic rings. The number of hydrogen-bond acceptors (Lipinski definition) is 6. The predicted octanol–water partition coefficient (Wildman–Crippen LogP) is 2.49. The Morgan fingerprint density at radius 2 is 2.28 bits per heavy atom.